The van der Waals surface area contributed by atoms with Crippen LogP contribution in [0, 0.1) is 6.92 Å². The van der Waals surface area contributed by atoms with Crippen LogP contribution in [0.4, 0.5) is 0 Å². The molecule has 1 N–H and O–H groups in total. The van der Waals surface area contributed by atoms with Crippen LogP contribution in [0.2, 0.25) is 0 Å². The number of hydrogen-bond donors (Lipinski definition) is 1. The molecule has 0 aromatic heterocycles. The summed E-state index contributed by atoms with van der Waals surface area (Å²) in [6.07, 6.45) is 0. The summed E-state index contributed by atoms with van der Waals surface area (Å²) >= 11 is 3.63. The Kier molecular flexibility index (Phi) is 4.61. The average molecular weight is 320 g/mol. The maximum absolute atomic E-state index is 5.20. The van der Waals surface area contributed by atoms with E-state index in [4.69, 9.17) is 4.74 Å². The fourth-order valence-electron chi connectivity index (χ4n) is 2.18. The third-order valence-electron chi connectivity index (χ3n) is 3.20. The minimum Gasteiger partial charge on any atom is -0.497 e. The second kappa shape index (κ2) is 6.22. The van der Waals surface area contributed by atoms with Crippen LogP contribution < -0.4 is 10.1 Å². The van der Waals surface area contributed by atoms with Crippen LogP contribution in [-0.2, 0) is 0 Å². The van der Waals surface area contributed by atoms with Crippen molar-refractivity contribution in [2.24, 2.45) is 0 Å². The smallest absolute Gasteiger partial charge is 0.118 e. The average Bonchev–Trinajstić information content (AvgIpc) is 2.44. The predicted octanol–water partition coefficient (Wildman–Crippen LogP) is 4.07. The summed E-state index contributed by atoms with van der Waals surface area (Å²) in [4.78, 5) is 0. The molecule has 2 aromatic rings. The van der Waals surface area contributed by atoms with E-state index in [-0.39, 0.29) is 6.04 Å². The van der Waals surface area contributed by atoms with Crippen LogP contribution >= 0.6 is 15.9 Å². The van der Waals surface area contributed by atoms with Crippen LogP contribution in [0.5, 0.6) is 5.75 Å². The Morgan fingerprint density at radius 2 is 1.79 bits per heavy atom. The zero-order valence-electron chi connectivity index (χ0n) is 11.4. The zero-order valence-corrected chi connectivity index (χ0v) is 13.0. The number of aryl methyl sites for hydroxylation is 1. The van der Waals surface area contributed by atoms with Crippen molar-refractivity contribution in [3.05, 3.63) is 63.6 Å². The molecular formula is C16H18BrNO. The van der Waals surface area contributed by atoms with Crippen molar-refractivity contribution in [1.82, 2.24) is 5.32 Å². The lowest BCUT2D eigenvalue weighted by molar-refractivity contribution is 0.414. The fraction of sp³-hybridized carbons (Fsp3) is 0.250. The quantitative estimate of drug-likeness (QED) is 0.917. The van der Waals surface area contributed by atoms with Gasteiger partial charge in [-0.3, -0.25) is 0 Å². The highest BCUT2D eigenvalue weighted by Gasteiger charge is 2.15. The first-order valence-corrected chi connectivity index (χ1v) is 7.02. The summed E-state index contributed by atoms with van der Waals surface area (Å²) < 4.78 is 6.32. The summed E-state index contributed by atoms with van der Waals surface area (Å²) in [7, 11) is 3.66. The van der Waals surface area contributed by atoms with Crippen molar-refractivity contribution < 1.29 is 4.74 Å². The Hall–Kier alpha value is -1.32. The molecule has 0 spiro atoms. The van der Waals surface area contributed by atoms with Gasteiger partial charge in [0.2, 0.25) is 0 Å². The van der Waals surface area contributed by atoms with Crippen molar-refractivity contribution in [3.63, 3.8) is 0 Å². The Balaban J connectivity index is 2.40. The molecule has 2 aromatic carbocycles. The number of nitrogens with one attached hydrogen (secondary N) is 1. The standard InChI is InChI=1S/C16H18BrNO/c1-11-4-9-15(17)14(10-11)16(18-2)12-5-7-13(19-3)8-6-12/h4-10,16,18H,1-3H3. The van der Waals surface area contributed by atoms with Gasteiger partial charge in [-0.05, 0) is 43.3 Å². The topological polar surface area (TPSA) is 21.3 Å². The summed E-state index contributed by atoms with van der Waals surface area (Å²) in [6.45, 7) is 2.11. The zero-order chi connectivity index (χ0) is 13.8. The molecule has 0 aliphatic rings. The van der Waals surface area contributed by atoms with Gasteiger partial charge in [0.15, 0.2) is 0 Å². The van der Waals surface area contributed by atoms with E-state index < -0.39 is 0 Å². The molecule has 2 rings (SSSR count). The second-order valence-electron chi connectivity index (χ2n) is 4.52. The van der Waals surface area contributed by atoms with Crippen LogP contribution in [0.25, 0.3) is 0 Å². The monoisotopic (exact) mass is 319 g/mol. The molecule has 0 aliphatic heterocycles. The molecule has 1 unspecified atom stereocenters. The molecule has 0 radical (unpaired) electrons. The first kappa shape index (κ1) is 14.1. The van der Waals surface area contributed by atoms with Gasteiger partial charge < -0.3 is 10.1 Å². The first-order valence-electron chi connectivity index (χ1n) is 6.23. The van der Waals surface area contributed by atoms with Crippen molar-refractivity contribution in [2.45, 2.75) is 13.0 Å². The van der Waals surface area contributed by atoms with Gasteiger partial charge in [-0.15, -0.1) is 0 Å². The SMILES string of the molecule is CNC(c1ccc(OC)cc1)c1cc(C)ccc1Br. The number of ether oxygens (including phenoxy) is 1. The van der Waals surface area contributed by atoms with Gasteiger partial charge in [0, 0.05) is 4.47 Å². The van der Waals surface area contributed by atoms with Crippen molar-refractivity contribution >= 4 is 15.9 Å². The Bertz CT molecular complexity index is 551. The molecule has 0 heterocycles. The van der Waals surface area contributed by atoms with Crippen LogP contribution in [0.15, 0.2) is 46.9 Å². The molecule has 19 heavy (non-hydrogen) atoms. The van der Waals surface area contributed by atoms with Gasteiger partial charge in [0.25, 0.3) is 0 Å². The molecule has 0 amide bonds. The van der Waals surface area contributed by atoms with Crippen molar-refractivity contribution in [3.8, 4) is 5.75 Å². The molecule has 0 saturated carbocycles. The number of hydrogen-bond acceptors (Lipinski definition) is 2. The van der Waals surface area contributed by atoms with E-state index in [1.165, 1.54) is 16.7 Å². The third kappa shape index (κ3) is 3.17. The number of methoxy groups -OCH3 is 1. The van der Waals surface area contributed by atoms with Crippen molar-refractivity contribution in [2.75, 3.05) is 14.2 Å². The van der Waals surface area contributed by atoms with Crippen LogP contribution in [-0.4, -0.2) is 14.2 Å². The van der Waals surface area contributed by atoms with E-state index in [9.17, 15) is 0 Å². The summed E-state index contributed by atoms with van der Waals surface area (Å²) in [6, 6.07) is 14.7. The molecular weight excluding hydrogens is 302 g/mol. The second-order valence-corrected chi connectivity index (χ2v) is 5.37. The number of benzene rings is 2. The normalized spacial score (nSPS) is 12.2. The highest BCUT2D eigenvalue weighted by molar-refractivity contribution is 9.10. The van der Waals surface area contributed by atoms with Crippen LogP contribution in [0.3, 0.4) is 0 Å². The van der Waals surface area contributed by atoms with E-state index in [0.717, 1.165) is 10.2 Å². The molecule has 0 fully saturated rings. The van der Waals surface area contributed by atoms with E-state index in [0.29, 0.717) is 0 Å². The summed E-state index contributed by atoms with van der Waals surface area (Å²) in [5.41, 5.74) is 3.72. The molecule has 0 aliphatic carbocycles. The van der Waals surface area contributed by atoms with Gasteiger partial charge in [0.1, 0.15) is 5.75 Å². The lowest BCUT2D eigenvalue weighted by Gasteiger charge is -2.19. The van der Waals surface area contributed by atoms with E-state index in [1.807, 2.05) is 19.2 Å². The van der Waals surface area contributed by atoms with Crippen molar-refractivity contribution in [1.29, 1.82) is 0 Å². The van der Waals surface area contributed by atoms with E-state index in [1.54, 1.807) is 7.11 Å². The maximum atomic E-state index is 5.20. The largest absolute Gasteiger partial charge is 0.497 e. The minimum absolute atomic E-state index is 0.167. The predicted molar refractivity (Wildman–Crippen MR) is 82.8 cm³/mol. The van der Waals surface area contributed by atoms with E-state index in [2.05, 4.69) is 58.5 Å². The third-order valence-corrected chi connectivity index (χ3v) is 3.92. The maximum Gasteiger partial charge on any atom is 0.118 e. The first-order chi connectivity index (χ1) is 9.15. The van der Waals surface area contributed by atoms with Gasteiger partial charge in [0.05, 0.1) is 13.2 Å². The van der Waals surface area contributed by atoms with Gasteiger partial charge in [-0.2, -0.15) is 0 Å². The van der Waals surface area contributed by atoms with E-state index >= 15 is 0 Å². The highest BCUT2D eigenvalue weighted by Crippen LogP contribution is 2.30. The number of halogens is 1. The van der Waals surface area contributed by atoms with Gasteiger partial charge in [-0.1, -0.05) is 45.8 Å². The minimum atomic E-state index is 0.167. The lowest BCUT2D eigenvalue weighted by atomic mass is 9.97. The molecule has 100 valence electrons. The Morgan fingerprint density at radius 1 is 1.11 bits per heavy atom. The highest BCUT2D eigenvalue weighted by atomic mass is 79.9. The van der Waals surface area contributed by atoms with Crippen LogP contribution in [0.1, 0.15) is 22.7 Å². The molecule has 1 atom stereocenters. The Morgan fingerprint density at radius 3 is 2.37 bits per heavy atom. The summed E-state index contributed by atoms with van der Waals surface area (Å²) in [5.74, 6) is 0.877. The fourth-order valence-corrected chi connectivity index (χ4v) is 2.66. The van der Waals surface area contributed by atoms with Gasteiger partial charge in [-0.25, -0.2) is 0 Å². The lowest BCUT2D eigenvalue weighted by Crippen LogP contribution is -2.18. The Labute approximate surface area is 122 Å². The molecule has 3 heteroatoms. The number of rotatable bonds is 4. The van der Waals surface area contributed by atoms with Gasteiger partial charge >= 0.3 is 0 Å². The summed E-state index contributed by atoms with van der Waals surface area (Å²) in [5, 5.41) is 3.37. The molecule has 2 nitrogen and oxygen atoms in total. The molecule has 0 saturated heterocycles. The molecule has 0 bridgehead atoms.